The smallest absolute Gasteiger partial charge is 0.411 e. The molecule has 0 aliphatic carbocycles. The van der Waals surface area contributed by atoms with Crippen molar-refractivity contribution in [3.63, 3.8) is 0 Å². The average molecular weight is 302 g/mol. The summed E-state index contributed by atoms with van der Waals surface area (Å²) in [6.07, 6.45) is 0.300. The van der Waals surface area contributed by atoms with Crippen molar-refractivity contribution in [2.24, 2.45) is 0 Å². The zero-order valence-electron chi connectivity index (χ0n) is 11.5. The molecule has 108 valence electrons. The number of nitrogens with zero attached hydrogens (tertiary/aromatic N) is 1. The van der Waals surface area contributed by atoms with Crippen molar-refractivity contribution in [3.05, 3.63) is 46.2 Å². The Balaban J connectivity index is 1.88. The molecule has 2 heterocycles. The van der Waals surface area contributed by atoms with Crippen LogP contribution in [0.3, 0.4) is 0 Å². The molecule has 1 aromatic carbocycles. The lowest BCUT2D eigenvalue weighted by Gasteiger charge is -2.17. The first-order valence-electron chi connectivity index (χ1n) is 6.52. The van der Waals surface area contributed by atoms with Crippen molar-refractivity contribution >= 4 is 34.7 Å². The third-order valence-corrected chi connectivity index (χ3v) is 4.25. The van der Waals surface area contributed by atoms with Gasteiger partial charge in [0, 0.05) is 17.9 Å². The number of rotatable bonds is 2. The van der Waals surface area contributed by atoms with Gasteiger partial charge in [-0.3, -0.25) is 10.1 Å². The molecular weight excluding hydrogens is 288 g/mol. The molecule has 21 heavy (non-hydrogen) atoms. The Bertz CT molecular complexity index is 682. The van der Waals surface area contributed by atoms with Gasteiger partial charge in [-0.25, -0.2) is 4.79 Å². The molecule has 1 aliphatic heterocycles. The van der Waals surface area contributed by atoms with E-state index in [4.69, 9.17) is 0 Å². The maximum atomic E-state index is 12.5. The first kappa shape index (κ1) is 13.6. The van der Waals surface area contributed by atoms with Gasteiger partial charge in [0.2, 0.25) is 0 Å². The predicted octanol–water partition coefficient (Wildman–Crippen LogP) is 3.13. The molecule has 6 heteroatoms. The number of carbonyl (C=O) groups is 2. The molecule has 0 bridgehead atoms. The fourth-order valence-electron chi connectivity index (χ4n) is 2.37. The van der Waals surface area contributed by atoms with Crippen LogP contribution in [0.15, 0.2) is 35.7 Å². The Hall–Kier alpha value is -2.34. The number of hydrogen-bond acceptors (Lipinski definition) is 4. The van der Waals surface area contributed by atoms with Crippen molar-refractivity contribution in [2.45, 2.75) is 6.42 Å². The third-order valence-electron chi connectivity index (χ3n) is 3.39. The van der Waals surface area contributed by atoms with Gasteiger partial charge in [-0.1, -0.05) is 12.1 Å². The van der Waals surface area contributed by atoms with Crippen LogP contribution < -0.4 is 10.2 Å². The minimum Gasteiger partial charge on any atom is -0.453 e. The van der Waals surface area contributed by atoms with Gasteiger partial charge in [0.15, 0.2) is 0 Å². The standard InChI is InChI=1S/C15H14N2O3S/c1-20-15(19)16-11-5-4-10-6-7-17(12(10)9-11)14(18)13-3-2-8-21-13/h2-5,8-9H,6-7H2,1H3,(H,16,19). The van der Waals surface area contributed by atoms with Crippen molar-refractivity contribution in [3.8, 4) is 0 Å². The summed E-state index contributed by atoms with van der Waals surface area (Å²) in [5.74, 6) is -0.000956. The molecule has 0 saturated carbocycles. The molecule has 0 radical (unpaired) electrons. The highest BCUT2D eigenvalue weighted by molar-refractivity contribution is 7.12. The Labute approximate surface area is 126 Å². The summed E-state index contributed by atoms with van der Waals surface area (Å²) in [7, 11) is 1.31. The highest BCUT2D eigenvalue weighted by Gasteiger charge is 2.26. The fourth-order valence-corrected chi connectivity index (χ4v) is 3.04. The molecule has 1 aromatic heterocycles. The van der Waals surface area contributed by atoms with Crippen LogP contribution in [0.5, 0.6) is 0 Å². The lowest BCUT2D eigenvalue weighted by atomic mass is 10.1. The second kappa shape index (κ2) is 5.57. The number of nitrogens with one attached hydrogen (secondary N) is 1. The van der Waals surface area contributed by atoms with E-state index in [-0.39, 0.29) is 5.91 Å². The van der Waals surface area contributed by atoms with E-state index in [1.54, 1.807) is 4.90 Å². The largest absolute Gasteiger partial charge is 0.453 e. The molecule has 2 amide bonds. The Kier molecular flexibility index (Phi) is 3.62. The normalized spacial score (nSPS) is 12.9. The van der Waals surface area contributed by atoms with Crippen molar-refractivity contribution in [1.29, 1.82) is 0 Å². The monoisotopic (exact) mass is 302 g/mol. The van der Waals surface area contributed by atoms with Gasteiger partial charge in [0.1, 0.15) is 0 Å². The molecule has 0 unspecified atom stereocenters. The van der Waals surface area contributed by atoms with E-state index < -0.39 is 6.09 Å². The van der Waals surface area contributed by atoms with Crippen LogP contribution in [0.1, 0.15) is 15.2 Å². The minimum atomic E-state index is -0.524. The van der Waals surface area contributed by atoms with Gasteiger partial charge >= 0.3 is 6.09 Å². The molecular formula is C15H14N2O3S. The van der Waals surface area contributed by atoms with E-state index in [0.717, 1.165) is 17.7 Å². The maximum absolute atomic E-state index is 12.5. The molecule has 2 aromatic rings. The van der Waals surface area contributed by atoms with Crippen LogP contribution in [-0.2, 0) is 11.2 Å². The predicted molar refractivity (Wildman–Crippen MR) is 82.2 cm³/mol. The Morgan fingerprint density at radius 3 is 2.90 bits per heavy atom. The molecule has 3 rings (SSSR count). The van der Waals surface area contributed by atoms with E-state index in [2.05, 4.69) is 10.1 Å². The lowest BCUT2D eigenvalue weighted by Crippen LogP contribution is -2.28. The molecule has 0 fully saturated rings. The highest BCUT2D eigenvalue weighted by atomic mass is 32.1. The maximum Gasteiger partial charge on any atom is 0.411 e. The summed E-state index contributed by atoms with van der Waals surface area (Å²) >= 11 is 1.43. The average Bonchev–Trinajstić information content (AvgIpc) is 3.15. The number of anilines is 2. The van der Waals surface area contributed by atoms with Gasteiger partial charge in [0.05, 0.1) is 12.0 Å². The van der Waals surface area contributed by atoms with Crippen LogP contribution >= 0.6 is 11.3 Å². The number of benzene rings is 1. The molecule has 5 nitrogen and oxygen atoms in total. The summed E-state index contributed by atoms with van der Waals surface area (Å²) in [4.78, 5) is 26.2. The summed E-state index contributed by atoms with van der Waals surface area (Å²) in [6, 6.07) is 9.24. The van der Waals surface area contributed by atoms with Gasteiger partial charge in [0.25, 0.3) is 5.91 Å². The number of carbonyl (C=O) groups excluding carboxylic acids is 2. The van der Waals surface area contributed by atoms with Gasteiger partial charge in [-0.2, -0.15) is 0 Å². The first-order valence-corrected chi connectivity index (χ1v) is 7.40. The number of thiophene rings is 1. The lowest BCUT2D eigenvalue weighted by molar-refractivity contribution is 0.0993. The third kappa shape index (κ3) is 2.62. The van der Waals surface area contributed by atoms with E-state index in [9.17, 15) is 9.59 Å². The summed E-state index contributed by atoms with van der Waals surface area (Å²) in [5, 5.41) is 4.51. The van der Waals surface area contributed by atoms with Crippen molar-refractivity contribution in [2.75, 3.05) is 23.9 Å². The van der Waals surface area contributed by atoms with Crippen LogP contribution in [0.25, 0.3) is 0 Å². The molecule has 1 N–H and O–H groups in total. The van der Waals surface area contributed by atoms with E-state index in [1.165, 1.54) is 18.4 Å². The topological polar surface area (TPSA) is 58.6 Å². The zero-order chi connectivity index (χ0) is 14.8. The van der Waals surface area contributed by atoms with Crippen LogP contribution in [0.2, 0.25) is 0 Å². The second-order valence-corrected chi connectivity index (χ2v) is 5.59. The van der Waals surface area contributed by atoms with E-state index in [1.807, 2.05) is 35.7 Å². The summed E-state index contributed by atoms with van der Waals surface area (Å²) < 4.78 is 4.58. The van der Waals surface area contributed by atoms with Crippen molar-refractivity contribution < 1.29 is 14.3 Å². The van der Waals surface area contributed by atoms with Crippen molar-refractivity contribution in [1.82, 2.24) is 0 Å². The van der Waals surface area contributed by atoms with Gasteiger partial charge < -0.3 is 9.64 Å². The second-order valence-electron chi connectivity index (χ2n) is 4.64. The fraction of sp³-hybridized carbons (Fsp3) is 0.200. The number of methoxy groups -OCH3 is 1. The zero-order valence-corrected chi connectivity index (χ0v) is 12.3. The van der Waals surface area contributed by atoms with E-state index in [0.29, 0.717) is 17.1 Å². The van der Waals surface area contributed by atoms with Gasteiger partial charge in [-0.15, -0.1) is 11.3 Å². The molecule has 0 saturated heterocycles. The minimum absolute atomic E-state index is 0.000956. The van der Waals surface area contributed by atoms with Crippen LogP contribution in [-0.4, -0.2) is 25.7 Å². The summed E-state index contributed by atoms with van der Waals surface area (Å²) in [6.45, 7) is 0.660. The molecule has 0 spiro atoms. The number of ether oxygens (including phenoxy) is 1. The Morgan fingerprint density at radius 2 is 2.19 bits per heavy atom. The van der Waals surface area contributed by atoms with Crippen LogP contribution in [0.4, 0.5) is 16.2 Å². The summed E-state index contributed by atoms with van der Waals surface area (Å²) in [5.41, 5.74) is 2.57. The number of amides is 2. The van der Waals surface area contributed by atoms with Gasteiger partial charge in [-0.05, 0) is 35.6 Å². The number of fused-ring (bicyclic) bond motifs is 1. The number of hydrogen-bond donors (Lipinski definition) is 1. The van der Waals surface area contributed by atoms with Crippen LogP contribution in [0, 0.1) is 0 Å². The Morgan fingerprint density at radius 1 is 1.33 bits per heavy atom. The highest BCUT2D eigenvalue weighted by Crippen LogP contribution is 2.32. The first-order chi connectivity index (χ1) is 10.2. The van der Waals surface area contributed by atoms with E-state index >= 15 is 0 Å². The SMILES string of the molecule is COC(=O)Nc1ccc2c(c1)N(C(=O)c1cccs1)CC2. The quantitative estimate of drug-likeness (QED) is 0.927. The molecule has 0 atom stereocenters. The molecule has 1 aliphatic rings.